The van der Waals surface area contributed by atoms with Gasteiger partial charge in [-0.3, -0.25) is 14.6 Å². The van der Waals surface area contributed by atoms with Gasteiger partial charge in [0.1, 0.15) is 5.82 Å². The smallest absolute Gasteiger partial charge is 0.253 e. The highest BCUT2D eigenvalue weighted by atomic mass is 35.5. The zero-order valence-corrected chi connectivity index (χ0v) is 23.7. The molecule has 10 heteroatoms. The van der Waals surface area contributed by atoms with Crippen LogP contribution in [0.15, 0.2) is 36.5 Å². The number of carbonyl (C=O) groups is 1. The van der Waals surface area contributed by atoms with Crippen molar-refractivity contribution in [2.24, 2.45) is 0 Å². The van der Waals surface area contributed by atoms with Gasteiger partial charge in [-0.15, -0.1) is 0 Å². The van der Waals surface area contributed by atoms with E-state index >= 15 is 0 Å². The first-order valence-electron chi connectivity index (χ1n) is 13.4. The molecule has 0 spiro atoms. The summed E-state index contributed by atoms with van der Waals surface area (Å²) in [4.78, 5) is 23.3. The van der Waals surface area contributed by atoms with Crippen LogP contribution in [-0.4, -0.2) is 77.5 Å². The number of nitrogens with zero attached hydrogens (tertiary/aromatic N) is 4. The van der Waals surface area contributed by atoms with Crippen LogP contribution in [0.5, 0.6) is 0 Å². The maximum Gasteiger partial charge on any atom is 0.253 e. The van der Waals surface area contributed by atoms with Crippen molar-refractivity contribution in [2.75, 3.05) is 31.1 Å². The van der Waals surface area contributed by atoms with Gasteiger partial charge >= 0.3 is 0 Å². The first-order chi connectivity index (χ1) is 18.2. The number of hydrogen-bond donors (Lipinski definition) is 1. The molecule has 4 rings (SSSR count). The number of piperazine rings is 1. The van der Waals surface area contributed by atoms with Gasteiger partial charge in [-0.25, -0.2) is 13.8 Å². The molecule has 2 fully saturated rings. The van der Waals surface area contributed by atoms with Crippen LogP contribution in [0.2, 0.25) is 10.0 Å². The summed E-state index contributed by atoms with van der Waals surface area (Å²) in [7, 11) is 0. The number of carbonyl (C=O) groups excluding carboxylic acids is 1. The van der Waals surface area contributed by atoms with Crippen molar-refractivity contribution in [1.29, 1.82) is 0 Å². The lowest BCUT2D eigenvalue weighted by molar-refractivity contribution is -0.0391. The highest BCUT2D eigenvalue weighted by molar-refractivity contribution is 6.33. The Labute approximate surface area is 234 Å². The number of halogens is 4. The van der Waals surface area contributed by atoms with Gasteiger partial charge in [-0.05, 0) is 56.9 Å². The molecule has 1 aromatic carbocycles. The fourth-order valence-electron chi connectivity index (χ4n) is 5.81. The van der Waals surface area contributed by atoms with Crippen molar-refractivity contribution in [1.82, 2.24) is 20.1 Å². The SMILES string of the molecule is CCNC(=O)c1cnc(N2C[C@H](CC)N(C3CCN(Cc4ccc(Cl)cc4)C(C(F)F)C3)C[C@H]2C)c(Cl)c1. The second-order valence-electron chi connectivity index (χ2n) is 10.3. The third kappa shape index (κ3) is 6.58. The number of piperidine rings is 1. The molecule has 0 radical (unpaired) electrons. The first-order valence-corrected chi connectivity index (χ1v) is 14.2. The quantitative estimate of drug-likeness (QED) is 0.441. The molecule has 208 valence electrons. The molecule has 2 aliphatic heterocycles. The molecule has 2 aromatic rings. The van der Waals surface area contributed by atoms with Gasteiger partial charge in [0.05, 0.1) is 16.6 Å². The van der Waals surface area contributed by atoms with E-state index in [9.17, 15) is 13.6 Å². The minimum absolute atomic E-state index is 0.0913. The number of nitrogens with one attached hydrogen (secondary N) is 1. The van der Waals surface area contributed by atoms with Gasteiger partial charge in [0.15, 0.2) is 0 Å². The lowest BCUT2D eigenvalue weighted by atomic mass is 9.91. The molecule has 0 saturated carbocycles. The van der Waals surface area contributed by atoms with Crippen LogP contribution >= 0.6 is 23.2 Å². The molecule has 6 nitrogen and oxygen atoms in total. The summed E-state index contributed by atoms with van der Waals surface area (Å²) in [6, 6.07) is 8.69. The molecule has 2 saturated heterocycles. The minimum atomic E-state index is -2.41. The summed E-state index contributed by atoms with van der Waals surface area (Å²) >= 11 is 12.6. The largest absolute Gasteiger partial charge is 0.352 e. The minimum Gasteiger partial charge on any atom is -0.352 e. The maximum atomic E-state index is 14.3. The van der Waals surface area contributed by atoms with Crippen LogP contribution in [-0.2, 0) is 6.54 Å². The highest BCUT2D eigenvalue weighted by Crippen LogP contribution is 2.34. The van der Waals surface area contributed by atoms with Gasteiger partial charge in [0.2, 0.25) is 0 Å². The molecule has 2 aliphatic rings. The van der Waals surface area contributed by atoms with Gasteiger partial charge in [0, 0.05) is 62.1 Å². The Morgan fingerprint density at radius 3 is 2.55 bits per heavy atom. The average molecular weight is 569 g/mol. The summed E-state index contributed by atoms with van der Waals surface area (Å²) in [5, 5.41) is 3.85. The van der Waals surface area contributed by atoms with E-state index in [-0.39, 0.29) is 24.0 Å². The van der Waals surface area contributed by atoms with Gasteiger partial charge in [0.25, 0.3) is 12.3 Å². The van der Waals surface area contributed by atoms with Crippen LogP contribution in [0, 0.1) is 0 Å². The number of pyridine rings is 1. The standard InChI is InChI=1S/C28H37Cl2F2N5O/c1-4-22-17-36(27-24(30)12-20(14-34-27)28(38)33-5-2)18(3)15-37(22)23-10-11-35(25(13-23)26(31)32)16-19-6-8-21(29)9-7-19/h6-9,12,14,18,22-23,25-26H,4-5,10-11,13,15-17H2,1-3H3,(H,33,38)/t18-,22+,23?,25?/m1/s1. The zero-order valence-electron chi connectivity index (χ0n) is 22.2. The predicted octanol–water partition coefficient (Wildman–Crippen LogP) is 5.73. The fourth-order valence-corrected chi connectivity index (χ4v) is 6.21. The third-order valence-corrected chi connectivity index (χ3v) is 8.37. The van der Waals surface area contributed by atoms with Crippen molar-refractivity contribution in [3.05, 3.63) is 57.7 Å². The second-order valence-corrected chi connectivity index (χ2v) is 11.2. The highest BCUT2D eigenvalue weighted by Gasteiger charge is 2.41. The number of benzene rings is 1. The van der Waals surface area contributed by atoms with E-state index in [2.05, 4.69) is 33.9 Å². The monoisotopic (exact) mass is 567 g/mol. The summed E-state index contributed by atoms with van der Waals surface area (Å²) in [6.45, 7) is 9.22. The molecule has 1 aromatic heterocycles. The molecule has 38 heavy (non-hydrogen) atoms. The molecular weight excluding hydrogens is 531 g/mol. The van der Waals surface area contributed by atoms with Gasteiger partial charge < -0.3 is 10.2 Å². The van der Waals surface area contributed by atoms with E-state index in [0.29, 0.717) is 54.0 Å². The molecule has 4 atom stereocenters. The Morgan fingerprint density at radius 2 is 1.92 bits per heavy atom. The number of aromatic nitrogens is 1. The fraction of sp³-hybridized carbons (Fsp3) is 0.571. The van der Waals surface area contributed by atoms with Gasteiger partial charge in [-0.2, -0.15) is 0 Å². The van der Waals surface area contributed by atoms with Crippen molar-refractivity contribution < 1.29 is 13.6 Å². The maximum absolute atomic E-state index is 14.3. The second kappa shape index (κ2) is 12.9. The van der Waals surface area contributed by atoms with Crippen LogP contribution < -0.4 is 10.2 Å². The van der Waals surface area contributed by atoms with Gasteiger partial charge in [-0.1, -0.05) is 42.3 Å². The summed E-state index contributed by atoms with van der Waals surface area (Å²) in [5.41, 5.74) is 1.43. The molecule has 1 amide bonds. The Morgan fingerprint density at radius 1 is 1.18 bits per heavy atom. The number of alkyl halides is 2. The molecular formula is C28H37Cl2F2N5O. The number of hydrogen-bond acceptors (Lipinski definition) is 5. The topological polar surface area (TPSA) is 51.7 Å². The van der Waals surface area contributed by atoms with Crippen LogP contribution in [0.1, 0.15) is 56.0 Å². The van der Waals surface area contributed by atoms with Crippen molar-refractivity contribution in [2.45, 2.75) is 77.2 Å². The van der Waals surface area contributed by atoms with Crippen molar-refractivity contribution >= 4 is 34.9 Å². The van der Waals surface area contributed by atoms with Crippen molar-refractivity contribution in [3.63, 3.8) is 0 Å². The lowest BCUT2D eigenvalue weighted by Gasteiger charge is -2.51. The Hall–Kier alpha value is -2.00. The molecule has 2 unspecified atom stereocenters. The van der Waals surface area contributed by atoms with E-state index in [1.54, 1.807) is 12.3 Å². The number of anilines is 1. The predicted molar refractivity (Wildman–Crippen MR) is 150 cm³/mol. The van der Waals surface area contributed by atoms with E-state index in [1.807, 2.05) is 36.1 Å². The molecule has 3 heterocycles. The number of amides is 1. The van der Waals surface area contributed by atoms with Crippen molar-refractivity contribution in [3.8, 4) is 0 Å². The Kier molecular flexibility index (Phi) is 9.84. The Balaban J connectivity index is 1.45. The van der Waals surface area contributed by atoms with Crippen LogP contribution in [0.25, 0.3) is 0 Å². The van der Waals surface area contributed by atoms with Crippen LogP contribution in [0.4, 0.5) is 14.6 Å². The average Bonchev–Trinajstić information content (AvgIpc) is 2.90. The number of rotatable bonds is 8. The summed E-state index contributed by atoms with van der Waals surface area (Å²) in [6.07, 6.45) is 1.34. The summed E-state index contributed by atoms with van der Waals surface area (Å²) < 4.78 is 28.5. The number of likely N-dealkylation sites (tertiary alicyclic amines) is 1. The normalized spacial score (nSPS) is 25.1. The molecule has 1 N–H and O–H groups in total. The molecule has 0 bridgehead atoms. The first kappa shape index (κ1) is 29.0. The third-order valence-electron chi connectivity index (χ3n) is 7.84. The van der Waals surface area contributed by atoms with E-state index in [1.165, 1.54) is 0 Å². The molecule has 0 aliphatic carbocycles. The zero-order chi connectivity index (χ0) is 27.4. The van der Waals surface area contributed by atoms with Crippen LogP contribution in [0.3, 0.4) is 0 Å². The van der Waals surface area contributed by atoms with E-state index in [4.69, 9.17) is 23.2 Å². The Bertz CT molecular complexity index is 1090. The lowest BCUT2D eigenvalue weighted by Crippen LogP contribution is -2.63. The summed E-state index contributed by atoms with van der Waals surface area (Å²) in [5.74, 6) is 0.460. The van der Waals surface area contributed by atoms with E-state index < -0.39 is 12.5 Å². The van der Waals surface area contributed by atoms with E-state index in [0.717, 1.165) is 24.9 Å².